The molecule has 4 N–H and O–H groups in total. The first-order valence-electron chi connectivity index (χ1n) is 8.60. The van der Waals surface area contributed by atoms with E-state index in [4.69, 9.17) is 0 Å². The normalized spacial score (nSPS) is 10.1. The zero-order valence-corrected chi connectivity index (χ0v) is 15.5. The van der Waals surface area contributed by atoms with Crippen molar-refractivity contribution in [2.24, 2.45) is 0 Å². The van der Waals surface area contributed by atoms with Crippen molar-refractivity contribution in [3.63, 3.8) is 0 Å². The van der Waals surface area contributed by atoms with Crippen molar-refractivity contribution < 1.29 is 9.59 Å². The molecule has 3 rings (SSSR count). The summed E-state index contributed by atoms with van der Waals surface area (Å²) in [4.78, 5) is 30.9. The van der Waals surface area contributed by atoms with Gasteiger partial charge in [-0.15, -0.1) is 0 Å². The maximum atomic E-state index is 11.2. The summed E-state index contributed by atoms with van der Waals surface area (Å²) in [7, 11) is 0. The molecule has 1 aromatic heterocycles. The van der Waals surface area contributed by atoms with E-state index in [1.807, 2.05) is 36.4 Å². The van der Waals surface area contributed by atoms with Crippen molar-refractivity contribution in [2.75, 3.05) is 21.3 Å². The van der Waals surface area contributed by atoms with Gasteiger partial charge in [-0.25, -0.2) is 4.98 Å². The number of nitrogens with zero attached hydrogens (tertiary/aromatic N) is 2. The van der Waals surface area contributed by atoms with Gasteiger partial charge in [0.05, 0.1) is 0 Å². The number of hydrogen-bond acceptors (Lipinski definition) is 6. The molecule has 0 spiro atoms. The number of rotatable bonds is 6. The van der Waals surface area contributed by atoms with Crippen molar-refractivity contribution in [1.29, 1.82) is 0 Å². The van der Waals surface area contributed by atoms with Gasteiger partial charge in [-0.05, 0) is 48.5 Å². The molecule has 3 aromatic rings. The maximum absolute atomic E-state index is 11.2. The fraction of sp³-hybridized carbons (Fsp3) is 0.100. The van der Waals surface area contributed by atoms with Crippen LogP contribution < -0.4 is 21.3 Å². The Labute approximate surface area is 162 Å². The number of carbonyl (C=O) groups is 2. The first-order chi connectivity index (χ1) is 13.5. The topological polar surface area (TPSA) is 108 Å². The number of benzene rings is 2. The van der Waals surface area contributed by atoms with Crippen LogP contribution >= 0.6 is 0 Å². The highest BCUT2D eigenvalue weighted by Crippen LogP contribution is 2.21. The largest absolute Gasteiger partial charge is 0.340 e. The van der Waals surface area contributed by atoms with Crippen molar-refractivity contribution in [1.82, 2.24) is 9.97 Å². The molecular formula is C20H20N6O2. The Morgan fingerprint density at radius 1 is 0.750 bits per heavy atom. The lowest BCUT2D eigenvalue weighted by Crippen LogP contribution is -2.06. The van der Waals surface area contributed by atoms with E-state index in [1.54, 1.807) is 24.4 Å². The fourth-order valence-electron chi connectivity index (χ4n) is 2.48. The van der Waals surface area contributed by atoms with Crippen molar-refractivity contribution >= 4 is 46.3 Å². The number of hydrogen-bond donors (Lipinski definition) is 4. The molecule has 8 nitrogen and oxygen atoms in total. The van der Waals surface area contributed by atoms with Gasteiger partial charge in [-0.2, -0.15) is 4.98 Å². The first-order valence-corrected chi connectivity index (χ1v) is 8.60. The first kappa shape index (κ1) is 18.8. The van der Waals surface area contributed by atoms with Crippen LogP contribution in [0.2, 0.25) is 0 Å². The van der Waals surface area contributed by atoms with E-state index >= 15 is 0 Å². The molecule has 0 saturated heterocycles. The molecule has 2 amide bonds. The molecule has 28 heavy (non-hydrogen) atoms. The predicted octanol–water partition coefficient (Wildman–Crippen LogP) is 3.88. The van der Waals surface area contributed by atoms with Crippen molar-refractivity contribution in [3.05, 3.63) is 60.8 Å². The minimum absolute atomic E-state index is 0.120. The summed E-state index contributed by atoms with van der Waals surface area (Å²) in [5, 5.41) is 11.8. The van der Waals surface area contributed by atoms with Crippen LogP contribution in [0, 0.1) is 0 Å². The van der Waals surface area contributed by atoms with Crippen LogP contribution in [0.3, 0.4) is 0 Å². The molecule has 0 radical (unpaired) electrons. The Morgan fingerprint density at radius 2 is 1.39 bits per heavy atom. The van der Waals surface area contributed by atoms with Crippen molar-refractivity contribution in [2.45, 2.75) is 13.8 Å². The van der Waals surface area contributed by atoms with E-state index in [0.717, 1.165) is 11.4 Å². The van der Waals surface area contributed by atoms with Gasteiger partial charge >= 0.3 is 0 Å². The van der Waals surface area contributed by atoms with Crippen LogP contribution in [-0.4, -0.2) is 21.8 Å². The lowest BCUT2D eigenvalue weighted by molar-refractivity contribution is -0.115. The molecule has 0 atom stereocenters. The van der Waals surface area contributed by atoms with Crippen LogP contribution in [0.5, 0.6) is 0 Å². The van der Waals surface area contributed by atoms with E-state index in [0.29, 0.717) is 23.1 Å². The second kappa shape index (κ2) is 8.63. The SMILES string of the molecule is CC(=O)Nc1ccc(Nc2nccc(Nc3cccc(NC(C)=O)c3)n2)cc1. The minimum atomic E-state index is -0.129. The Kier molecular flexibility index (Phi) is 5.81. The van der Waals surface area contributed by atoms with E-state index in [2.05, 4.69) is 31.2 Å². The molecule has 142 valence electrons. The summed E-state index contributed by atoms with van der Waals surface area (Å²) in [5.41, 5.74) is 2.99. The molecule has 0 unspecified atom stereocenters. The van der Waals surface area contributed by atoms with Crippen LogP contribution in [0.4, 0.5) is 34.5 Å². The highest BCUT2D eigenvalue weighted by Gasteiger charge is 2.03. The van der Waals surface area contributed by atoms with E-state index in [1.165, 1.54) is 13.8 Å². The maximum Gasteiger partial charge on any atom is 0.229 e. The zero-order chi connectivity index (χ0) is 19.9. The average Bonchev–Trinajstić information content (AvgIpc) is 2.63. The lowest BCUT2D eigenvalue weighted by atomic mass is 10.2. The van der Waals surface area contributed by atoms with Gasteiger partial charge in [0, 0.05) is 42.8 Å². The third-order valence-electron chi connectivity index (χ3n) is 3.57. The molecule has 0 aliphatic rings. The summed E-state index contributed by atoms with van der Waals surface area (Å²) >= 11 is 0. The third kappa shape index (κ3) is 5.53. The average molecular weight is 376 g/mol. The van der Waals surface area contributed by atoms with Gasteiger partial charge in [-0.3, -0.25) is 9.59 Å². The molecule has 0 aliphatic heterocycles. The molecule has 0 aliphatic carbocycles. The Hall–Kier alpha value is -3.94. The van der Waals surface area contributed by atoms with Gasteiger partial charge in [0.2, 0.25) is 17.8 Å². The summed E-state index contributed by atoms with van der Waals surface area (Å²) in [6, 6.07) is 16.3. The van der Waals surface area contributed by atoms with Gasteiger partial charge in [-0.1, -0.05) is 6.07 Å². The minimum Gasteiger partial charge on any atom is -0.340 e. The highest BCUT2D eigenvalue weighted by atomic mass is 16.2. The molecule has 8 heteroatoms. The number of aromatic nitrogens is 2. The molecule has 0 bridgehead atoms. The quantitative estimate of drug-likeness (QED) is 0.520. The van der Waals surface area contributed by atoms with Crippen molar-refractivity contribution in [3.8, 4) is 0 Å². The Morgan fingerprint density at radius 3 is 2.11 bits per heavy atom. The van der Waals surface area contributed by atoms with Gasteiger partial charge < -0.3 is 21.3 Å². The summed E-state index contributed by atoms with van der Waals surface area (Å²) < 4.78 is 0. The smallest absolute Gasteiger partial charge is 0.229 e. The highest BCUT2D eigenvalue weighted by molar-refractivity contribution is 5.89. The summed E-state index contributed by atoms with van der Waals surface area (Å²) in [5.74, 6) is 0.781. The number of anilines is 6. The van der Waals surface area contributed by atoms with Gasteiger partial charge in [0.25, 0.3) is 0 Å². The van der Waals surface area contributed by atoms with E-state index in [9.17, 15) is 9.59 Å². The van der Waals surface area contributed by atoms with E-state index in [-0.39, 0.29) is 11.8 Å². The molecule has 0 saturated carbocycles. The van der Waals surface area contributed by atoms with Crippen LogP contribution in [0.15, 0.2) is 60.8 Å². The monoisotopic (exact) mass is 376 g/mol. The number of carbonyl (C=O) groups excluding carboxylic acids is 2. The lowest BCUT2D eigenvalue weighted by Gasteiger charge is -2.10. The summed E-state index contributed by atoms with van der Waals surface area (Å²) in [6.07, 6.45) is 1.64. The number of amides is 2. The zero-order valence-electron chi connectivity index (χ0n) is 15.5. The molecular weight excluding hydrogens is 356 g/mol. The Bertz CT molecular complexity index is 988. The van der Waals surface area contributed by atoms with E-state index < -0.39 is 0 Å². The second-order valence-electron chi connectivity index (χ2n) is 6.04. The Balaban J connectivity index is 1.69. The summed E-state index contributed by atoms with van der Waals surface area (Å²) in [6.45, 7) is 2.93. The van der Waals surface area contributed by atoms with Crippen LogP contribution in [-0.2, 0) is 9.59 Å². The fourth-order valence-corrected chi connectivity index (χ4v) is 2.48. The standard InChI is InChI=1S/C20H20N6O2/c1-13(27)22-15-6-8-16(9-7-15)25-20-21-11-10-19(26-20)24-18-5-3-4-17(12-18)23-14(2)28/h3-12H,1-2H3,(H,22,27)(H,23,28)(H2,21,24,25,26). The predicted molar refractivity (Wildman–Crippen MR) is 110 cm³/mol. The van der Waals surface area contributed by atoms with Crippen LogP contribution in [0.1, 0.15) is 13.8 Å². The van der Waals surface area contributed by atoms with Gasteiger partial charge in [0.1, 0.15) is 5.82 Å². The third-order valence-corrected chi connectivity index (χ3v) is 3.57. The van der Waals surface area contributed by atoms with Gasteiger partial charge in [0.15, 0.2) is 0 Å². The molecule has 1 heterocycles. The molecule has 2 aromatic carbocycles. The molecule has 0 fully saturated rings. The second-order valence-corrected chi connectivity index (χ2v) is 6.04. The number of nitrogens with one attached hydrogen (secondary N) is 4. The van der Waals surface area contributed by atoms with Crippen LogP contribution in [0.25, 0.3) is 0 Å².